The summed E-state index contributed by atoms with van der Waals surface area (Å²) in [7, 11) is 0. The lowest BCUT2D eigenvalue weighted by Gasteiger charge is -2.08. The smallest absolute Gasteiger partial charge is 0.307 e. The number of aromatic nitrogens is 1. The van der Waals surface area contributed by atoms with Crippen molar-refractivity contribution in [3.63, 3.8) is 0 Å². The predicted molar refractivity (Wildman–Crippen MR) is 116 cm³/mol. The maximum Gasteiger partial charge on any atom is 0.307 e. The highest BCUT2D eigenvalue weighted by atomic mass is 32.2. The van der Waals surface area contributed by atoms with Crippen LogP contribution in [0.3, 0.4) is 0 Å². The van der Waals surface area contributed by atoms with E-state index >= 15 is 0 Å². The van der Waals surface area contributed by atoms with Crippen LogP contribution in [0, 0.1) is 0 Å². The molecule has 3 rings (SSSR count). The van der Waals surface area contributed by atoms with Gasteiger partial charge in [0.05, 0.1) is 18.1 Å². The SMILES string of the molecule is C=C(NC(=O)c1cc2ccccc2o1)S/C=C(\CC(=O)O)c1ccc(OCC)nc1. The zero-order valence-electron chi connectivity index (χ0n) is 16.3. The minimum atomic E-state index is -0.979. The first kappa shape index (κ1) is 21.2. The van der Waals surface area contributed by atoms with Crippen molar-refractivity contribution in [1.29, 1.82) is 0 Å². The Morgan fingerprint density at radius 2 is 2.10 bits per heavy atom. The van der Waals surface area contributed by atoms with Gasteiger partial charge in [0.2, 0.25) is 5.88 Å². The Hall–Kier alpha value is -3.52. The number of fused-ring (bicyclic) bond motifs is 1. The summed E-state index contributed by atoms with van der Waals surface area (Å²) in [5.74, 6) is -0.776. The quantitative estimate of drug-likeness (QED) is 0.514. The summed E-state index contributed by atoms with van der Waals surface area (Å²) in [5.41, 5.74) is 1.79. The summed E-state index contributed by atoms with van der Waals surface area (Å²) in [6.07, 6.45) is 1.35. The molecule has 0 saturated heterocycles. The van der Waals surface area contributed by atoms with E-state index in [2.05, 4.69) is 16.9 Å². The number of aliphatic carboxylic acids is 1. The number of rotatable bonds is 9. The fraction of sp³-hybridized carbons (Fsp3) is 0.136. The highest BCUT2D eigenvalue weighted by Crippen LogP contribution is 2.26. The summed E-state index contributed by atoms with van der Waals surface area (Å²) in [6, 6.07) is 12.4. The maximum atomic E-state index is 12.4. The van der Waals surface area contributed by atoms with E-state index in [4.69, 9.17) is 9.15 Å². The molecule has 2 aromatic heterocycles. The third-order valence-electron chi connectivity index (χ3n) is 3.99. The van der Waals surface area contributed by atoms with Crippen molar-refractivity contribution in [2.75, 3.05) is 6.61 Å². The highest BCUT2D eigenvalue weighted by Gasteiger charge is 2.14. The molecule has 0 radical (unpaired) electrons. The fourth-order valence-electron chi connectivity index (χ4n) is 2.63. The normalized spacial score (nSPS) is 11.3. The molecule has 8 heteroatoms. The van der Waals surface area contributed by atoms with Gasteiger partial charge in [0.25, 0.3) is 5.91 Å². The summed E-state index contributed by atoms with van der Waals surface area (Å²) in [6.45, 7) is 6.16. The zero-order valence-corrected chi connectivity index (χ0v) is 17.1. The Bertz CT molecular complexity index is 1070. The number of amides is 1. The van der Waals surface area contributed by atoms with Crippen LogP contribution < -0.4 is 10.1 Å². The molecule has 0 fully saturated rings. The molecule has 0 saturated carbocycles. The van der Waals surface area contributed by atoms with Crippen LogP contribution in [0.4, 0.5) is 0 Å². The first-order chi connectivity index (χ1) is 14.5. The van der Waals surface area contributed by atoms with Crippen molar-refractivity contribution in [2.45, 2.75) is 13.3 Å². The second-order valence-electron chi connectivity index (χ2n) is 6.18. The van der Waals surface area contributed by atoms with Crippen LogP contribution in [-0.2, 0) is 4.79 Å². The van der Waals surface area contributed by atoms with E-state index in [1.54, 1.807) is 35.9 Å². The average molecular weight is 424 g/mol. The average Bonchev–Trinajstić information content (AvgIpc) is 3.16. The minimum Gasteiger partial charge on any atom is -0.481 e. The van der Waals surface area contributed by atoms with Crippen LogP contribution in [0.1, 0.15) is 29.5 Å². The van der Waals surface area contributed by atoms with Gasteiger partial charge in [0.1, 0.15) is 5.58 Å². The third kappa shape index (κ3) is 5.51. The van der Waals surface area contributed by atoms with Crippen molar-refractivity contribution in [3.8, 4) is 5.88 Å². The lowest BCUT2D eigenvalue weighted by atomic mass is 10.1. The lowest BCUT2D eigenvalue weighted by molar-refractivity contribution is -0.135. The number of carboxylic acids is 1. The van der Waals surface area contributed by atoms with E-state index in [-0.39, 0.29) is 12.2 Å². The number of furan rings is 1. The molecule has 0 aliphatic heterocycles. The van der Waals surface area contributed by atoms with Gasteiger partial charge in [-0.1, -0.05) is 36.5 Å². The van der Waals surface area contributed by atoms with Gasteiger partial charge in [0, 0.05) is 17.6 Å². The Kier molecular flexibility index (Phi) is 6.92. The number of carbonyl (C=O) groups excluding carboxylic acids is 1. The van der Waals surface area contributed by atoms with Crippen LogP contribution in [-0.4, -0.2) is 28.6 Å². The van der Waals surface area contributed by atoms with Gasteiger partial charge >= 0.3 is 5.97 Å². The summed E-state index contributed by atoms with van der Waals surface area (Å²) >= 11 is 1.11. The molecular formula is C22H20N2O5S. The number of benzene rings is 1. The third-order valence-corrected chi connectivity index (χ3v) is 4.78. The minimum absolute atomic E-state index is 0.170. The number of ether oxygens (including phenoxy) is 1. The Balaban J connectivity index is 1.68. The van der Waals surface area contributed by atoms with Gasteiger partial charge in [-0.3, -0.25) is 9.59 Å². The molecule has 0 aliphatic carbocycles. The van der Waals surface area contributed by atoms with Crippen LogP contribution in [0.5, 0.6) is 5.88 Å². The molecular weight excluding hydrogens is 404 g/mol. The molecule has 7 nitrogen and oxygen atoms in total. The predicted octanol–water partition coefficient (Wildman–Crippen LogP) is 4.68. The molecule has 3 aromatic rings. The van der Waals surface area contributed by atoms with Gasteiger partial charge in [0.15, 0.2) is 5.76 Å². The molecule has 30 heavy (non-hydrogen) atoms. The zero-order chi connectivity index (χ0) is 21.5. The second kappa shape index (κ2) is 9.80. The largest absolute Gasteiger partial charge is 0.481 e. The van der Waals surface area contributed by atoms with Gasteiger partial charge in [-0.25, -0.2) is 4.98 Å². The fourth-order valence-corrected chi connectivity index (χ4v) is 3.29. The molecule has 2 N–H and O–H groups in total. The van der Waals surface area contributed by atoms with Gasteiger partial charge in [-0.2, -0.15) is 0 Å². The topological polar surface area (TPSA) is 102 Å². The number of carboxylic acid groups (broad SMARTS) is 1. The summed E-state index contributed by atoms with van der Waals surface area (Å²) in [4.78, 5) is 27.8. The number of nitrogens with one attached hydrogen (secondary N) is 1. The molecule has 1 amide bonds. The number of hydrogen-bond donors (Lipinski definition) is 2. The van der Waals surface area contributed by atoms with E-state index in [0.717, 1.165) is 17.1 Å². The van der Waals surface area contributed by atoms with Crippen molar-refractivity contribution in [2.24, 2.45) is 0 Å². The number of nitrogens with zero attached hydrogens (tertiary/aromatic N) is 1. The first-order valence-electron chi connectivity index (χ1n) is 9.12. The van der Waals surface area contributed by atoms with E-state index < -0.39 is 11.9 Å². The molecule has 0 atom stereocenters. The monoisotopic (exact) mass is 424 g/mol. The van der Waals surface area contributed by atoms with Crippen LogP contribution >= 0.6 is 11.8 Å². The molecule has 0 bridgehead atoms. The van der Waals surface area contributed by atoms with Gasteiger partial charge in [-0.05, 0) is 41.7 Å². The van der Waals surface area contributed by atoms with Crippen molar-refractivity contribution in [3.05, 3.63) is 77.0 Å². The standard InChI is InChI=1S/C22H20N2O5S/c1-3-28-20-9-8-16(12-23-20)17(11-21(25)26)13-30-14(2)24-22(27)19-10-15-6-4-5-7-18(15)29-19/h4-10,12-13H,2-3,11H2,1H3,(H,24,27)(H,25,26)/b17-13+. The molecule has 0 unspecified atom stereocenters. The van der Waals surface area contributed by atoms with Crippen molar-refractivity contribution in [1.82, 2.24) is 10.3 Å². The highest BCUT2D eigenvalue weighted by molar-refractivity contribution is 8.05. The first-order valence-corrected chi connectivity index (χ1v) is 9.99. The second-order valence-corrected chi connectivity index (χ2v) is 7.14. The number of thioether (sulfide) groups is 1. The van der Waals surface area contributed by atoms with Crippen LogP contribution in [0.2, 0.25) is 0 Å². The number of carbonyl (C=O) groups is 2. The molecule has 0 aliphatic rings. The van der Waals surface area contributed by atoms with E-state index in [1.165, 1.54) is 0 Å². The van der Waals surface area contributed by atoms with Gasteiger partial charge < -0.3 is 19.6 Å². The van der Waals surface area contributed by atoms with Crippen molar-refractivity contribution < 1.29 is 23.8 Å². The van der Waals surface area contributed by atoms with Crippen molar-refractivity contribution >= 4 is 40.2 Å². The Labute approximate surface area is 177 Å². The van der Waals surface area contributed by atoms with E-state index in [1.807, 2.05) is 25.1 Å². The van der Waals surface area contributed by atoms with Gasteiger partial charge in [-0.15, -0.1) is 0 Å². The molecule has 1 aromatic carbocycles. The van der Waals surface area contributed by atoms with E-state index in [9.17, 15) is 14.7 Å². The number of pyridine rings is 1. The van der Waals surface area contributed by atoms with Crippen LogP contribution in [0.15, 0.2) is 70.1 Å². The molecule has 2 heterocycles. The summed E-state index contributed by atoms with van der Waals surface area (Å²) < 4.78 is 10.8. The lowest BCUT2D eigenvalue weighted by Crippen LogP contribution is -2.19. The number of para-hydroxylation sites is 1. The molecule has 154 valence electrons. The maximum absolute atomic E-state index is 12.4. The molecule has 0 spiro atoms. The number of hydrogen-bond acceptors (Lipinski definition) is 6. The Morgan fingerprint density at radius 3 is 2.77 bits per heavy atom. The van der Waals surface area contributed by atoms with Crippen LogP contribution in [0.25, 0.3) is 16.5 Å². The summed E-state index contributed by atoms with van der Waals surface area (Å²) in [5, 5.41) is 14.7. The van der Waals surface area contributed by atoms with E-state index in [0.29, 0.717) is 34.2 Å². The Morgan fingerprint density at radius 1 is 1.30 bits per heavy atom.